The van der Waals surface area contributed by atoms with Crippen molar-refractivity contribution >= 4 is 33.5 Å². The van der Waals surface area contributed by atoms with Gasteiger partial charge in [0.1, 0.15) is 12.4 Å². The van der Waals surface area contributed by atoms with Crippen molar-refractivity contribution in [1.82, 2.24) is 0 Å². The number of carboxylic acids is 1. The smallest absolute Gasteiger partial charge is 0.335 e. The monoisotopic (exact) mass is 340 g/mol. The highest BCUT2D eigenvalue weighted by atomic mass is 79.9. The van der Waals surface area contributed by atoms with E-state index in [1.54, 1.807) is 42.5 Å². The summed E-state index contributed by atoms with van der Waals surface area (Å²) >= 11 is 9.12. The predicted molar refractivity (Wildman–Crippen MR) is 76.9 cm³/mol. The normalized spacial score (nSPS) is 10.2. The average molecular weight is 342 g/mol. The maximum atomic E-state index is 10.8. The van der Waals surface area contributed by atoms with Crippen molar-refractivity contribution in [2.75, 3.05) is 0 Å². The molecule has 0 unspecified atom stereocenters. The van der Waals surface area contributed by atoms with Gasteiger partial charge in [-0.15, -0.1) is 0 Å². The average Bonchev–Trinajstić information content (AvgIpc) is 2.39. The maximum Gasteiger partial charge on any atom is 0.335 e. The number of ether oxygens (including phenoxy) is 1. The van der Waals surface area contributed by atoms with Crippen LogP contribution in [0.3, 0.4) is 0 Å². The minimum Gasteiger partial charge on any atom is -0.489 e. The van der Waals surface area contributed by atoms with E-state index >= 15 is 0 Å². The van der Waals surface area contributed by atoms with Crippen LogP contribution in [0.2, 0.25) is 5.02 Å². The van der Waals surface area contributed by atoms with E-state index in [4.69, 9.17) is 21.4 Å². The second-order valence-corrected chi connectivity index (χ2v) is 5.14. The third kappa shape index (κ3) is 3.72. The van der Waals surface area contributed by atoms with Crippen LogP contribution in [0, 0.1) is 0 Å². The highest BCUT2D eigenvalue weighted by Crippen LogP contribution is 2.22. The Morgan fingerprint density at radius 3 is 2.47 bits per heavy atom. The van der Waals surface area contributed by atoms with Crippen LogP contribution in [0.4, 0.5) is 0 Å². The molecule has 0 heterocycles. The Morgan fingerprint density at radius 1 is 1.21 bits per heavy atom. The second kappa shape index (κ2) is 6.08. The summed E-state index contributed by atoms with van der Waals surface area (Å²) in [4.78, 5) is 10.8. The van der Waals surface area contributed by atoms with Crippen molar-refractivity contribution in [3.8, 4) is 5.75 Å². The molecule has 3 nitrogen and oxygen atoms in total. The number of benzene rings is 2. The summed E-state index contributed by atoms with van der Waals surface area (Å²) in [6.07, 6.45) is 0. The summed E-state index contributed by atoms with van der Waals surface area (Å²) in [5, 5.41) is 9.52. The van der Waals surface area contributed by atoms with Crippen LogP contribution in [-0.4, -0.2) is 11.1 Å². The SMILES string of the molecule is O=C(O)c1ccc(COc2ccc(Cl)cc2)c(Br)c1. The molecular weight excluding hydrogens is 332 g/mol. The van der Waals surface area contributed by atoms with Gasteiger partial charge in [0, 0.05) is 15.1 Å². The molecule has 0 saturated carbocycles. The highest BCUT2D eigenvalue weighted by molar-refractivity contribution is 9.10. The molecule has 0 atom stereocenters. The van der Waals surface area contributed by atoms with Gasteiger partial charge in [-0.1, -0.05) is 33.6 Å². The summed E-state index contributed by atoms with van der Waals surface area (Å²) in [6.45, 7) is 0.349. The van der Waals surface area contributed by atoms with E-state index in [1.165, 1.54) is 0 Å². The lowest BCUT2D eigenvalue weighted by molar-refractivity contribution is 0.0696. The summed E-state index contributed by atoms with van der Waals surface area (Å²) < 4.78 is 6.30. The van der Waals surface area contributed by atoms with E-state index in [2.05, 4.69) is 15.9 Å². The lowest BCUT2D eigenvalue weighted by Gasteiger charge is -2.08. The minimum atomic E-state index is -0.953. The Labute approximate surface area is 123 Å². The van der Waals surface area contributed by atoms with E-state index in [-0.39, 0.29) is 5.56 Å². The quantitative estimate of drug-likeness (QED) is 0.897. The van der Waals surface area contributed by atoms with E-state index in [1.807, 2.05) is 0 Å². The summed E-state index contributed by atoms with van der Waals surface area (Å²) in [5.41, 5.74) is 1.11. The number of hydrogen-bond donors (Lipinski definition) is 1. The second-order valence-electron chi connectivity index (χ2n) is 3.85. The van der Waals surface area contributed by atoms with E-state index in [0.29, 0.717) is 21.9 Å². The summed E-state index contributed by atoms with van der Waals surface area (Å²) in [7, 11) is 0. The Morgan fingerprint density at radius 2 is 1.89 bits per heavy atom. The van der Waals surface area contributed by atoms with Crippen molar-refractivity contribution < 1.29 is 14.6 Å². The van der Waals surface area contributed by atoms with Gasteiger partial charge in [0.2, 0.25) is 0 Å². The van der Waals surface area contributed by atoms with Crippen LogP contribution in [0.5, 0.6) is 5.75 Å². The Kier molecular flexibility index (Phi) is 4.45. The van der Waals surface area contributed by atoms with Crippen molar-refractivity contribution in [1.29, 1.82) is 0 Å². The lowest BCUT2D eigenvalue weighted by Crippen LogP contribution is -2.00. The zero-order valence-electron chi connectivity index (χ0n) is 9.77. The molecule has 2 aromatic rings. The molecular formula is C14H10BrClO3. The third-order valence-corrected chi connectivity index (χ3v) is 3.50. The van der Waals surface area contributed by atoms with Crippen molar-refractivity contribution in [3.05, 3.63) is 63.1 Å². The molecule has 0 aliphatic rings. The highest BCUT2D eigenvalue weighted by Gasteiger charge is 2.07. The van der Waals surface area contributed by atoms with Gasteiger partial charge in [-0.25, -0.2) is 4.79 Å². The molecule has 19 heavy (non-hydrogen) atoms. The zero-order valence-corrected chi connectivity index (χ0v) is 12.1. The Balaban J connectivity index is 2.07. The van der Waals surface area contributed by atoms with E-state index in [0.717, 1.165) is 5.56 Å². The fraction of sp³-hybridized carbons (Fsp3) is 0.0714. The van der Waals surface area contributed by atoms with Crippen LogP contribution in [0.1, 0.15) is 15.9 Å². The molecule has 0 saturated heterocycles. The molecule has 2 rings (SSSR count). The molecule has 0 aromatic heterocycles. The van der Waals surface area contributed by atoms with Gasteiger partial charge in [-0.3, -0.25) is 0 Å². The van der Waals surface area contributed by atoms with E-state index in [9.17, 15) is 4.79 Å². The fourth-order valence-electron chi connectivity index (χ4n) is 1.49. The lowest BCUT2D eigenvalue weighted by atomic mass is 10.1. The van der Waals surface area contributed by atoms with Crippen LogP contribution in [0.15, 0.2) is 46.9 Å². The van der Waals surface area contributed by atoms with Crippen LogP contribution in [-0.2, 0) is 6.61 Å². The van der Waals surface area contributed by atoms with Crippen molar-refractivity contribution in [3.63, 3.8) is 0 Å². The fourth-order valence-corrected chi connectivity index (χ4v) is 2.11. The van der Waals surface area contributed by atoms with Gasteiger partial charge >= 0.3 is 5.97 Å². The molecule has 0 bridgehead atoms. The number of carboxylic acid groups (broad SMARTS) is 1. The maximum absolute atomic E-state index is 10.8. The van der Waals surface area contributed by atoms with E-state index < -0.39 is 5.97 Å². The number of carbonyl (C=O) groups is 1. The first-order valence-electron chi connectivity index (χ1n) is 5.46. The number of halogens is 2. The van der Waals surface area contributed by atoms with Gasteiger partial charge in [-0.2, -0.15) is 0 Å². The molecule has 0 radical (unpaired) electrons. The largest absolute Gasteiger partial charge is 0.489 e. The molecule has 5 heteroatoms. The summed E-state index contributed by atoms with van der Waals surface area (Å²) in [6, 6.07) is 11.9. The van der Waals surface area contributed by atoms with Gasteiger partial charge in [0.25, 0.3) is 0 Å². The first-order chi connectivity index (χ1) is 9.06. The van der Waals surface area contributed by atoms with Crippen LogP contribution < -0.4 is 4.74 Å². The molecule has 2 aromatic carbocycles. The number of rotatable bonds is 4. The predicted octanol–water partition coefficient (Wildman–Crippen LogP) is 4.38. The number of hydrogen-bond acceptors (Lipinski definition) is 2. The molecule has 98 valence electrons. The minimum absolute atomic E-state index is 0.238. The van der Waals surface area contributed by atoms with Crippen molar-refractivity contribution in [2.45, 2.75) is 6.61 Å². The molecule has 1 N–H and O–H groups in total. The first kappa shape index (κ1) is 13.9. The van der Waals surface area contributed by atoms with Crippen LogP contribution in [0.25, 0.3) is 0 Å². The number of aromatic carboxylic acids is 1. The van der Waals surface area contributed by atoms with Gasteiger partial charge < -0.3 is 9.84 Å². The molecule has 0 fully saturated rings. The molecule has 0 aliphatic carbocycles. The zero-order chi connectivity index (χ0) is 13.8. The van der Waals surface area contributed by atoms with Gasteiger partial charge in [0.05, 0.1) is 5.56 Å². The first-order valence-corrected chi connectivity index (χ1v) is 6.63. The van der Waals surface area contributed by atoms with Gasteiger partial charge in [-0.05, 0) is 36.4 Å². The molecule has 0 aliphatic heterocycles. The standard InChI is InChI=1S/C14H10BrClO3/c15-13-7-9(14(17)18)1-2-10(13)8-19-12-5-3-11(16)4-6-12/h1-7H,8H2,(H,17,18). The molecule has 0 amide bonds. The Bertz CT molecular complexity index is 596. The summed E-state index contributed by atoms with van der Waals surface area (Å²) in [5.74, 6) is -0.246. The topological polar surface area (TPSA) is 46.5 Å². The van der Waals surface area contributed by atoms with Crippen molar-refractivity contribution in [2.24, 2.45) is 0 Å². The molecule has 0 spiro atoms. The Hall–Kier alpha value is -1.52. The van der Waals surface area contributed by atoms with Gasteiger partial charge in [0.15, 0.2) is 0 Å². The third-order valence-electron chi connectivity index (χ3n) is 2.51. The van der Waals surface area contributed by atoms with Crippen LogP contribution >= 0.6 is 27.5 Å².